The molecule has 3 heterocycles. The first kappa shape index (κ1) is 20.4. The van der Waals surface area contributed by atoms with Crippen LogP contribution in [0.25, 0.3) is 22.5 Å². The summed E-state index contributed by atoms with van der Waals surface area (Å²) < 4.78 is 2.41. The van der Waals surface area contributed by atoms with E-state index in [2.05, 4.69) is 21.1 Å². The van der Waals surface area contributed by atoms with Crippen LogP contribution in [0.1, 0.15) is 6.92 Å². The van der Waals surface area contributed by atoms with Gasteiger partial charge in [0.2, 0.25) is 0 Å². The lowest BCUT2D eigenvalue weighted by Gasteiger charge is -2.34. The van der Waals surface area contributed by atoms with Crippen molar-refractivity contribution in [3.8, 4) is 22.5 Å². The van der Waals surface area contributed by atoms with Crippen molar-refractivity contribution in [1.82, 2.24) is 19.3 Å². The molecule has 8 heteroatoms. The normalized spacial score (nSPS) is 14.9. The van der Waals surface area contributed by atoms with Crippen LogP contribution >= 0.6 is 35.1 Å². The molecule has 3 aromatic rings. The number of benzene rings is 1. The second-order valence-electron chi connectivity index (χ2n) is 6.62. The van der Waals surface area contributed by atoms with Crippen molar-refractivity contribution >= 4 is 41.0 Å². The highest BCUT2D eigenvalue weighted by atomic mass is 35.5. The summed E-state index contributed by atoms with van der Waals surface area (Å²) in [5.41, 5.74) is 3.29. The van der Waals surface area contributed by atoms with E-state index in [1.54, 1.807) is 12.4 Å². The first-order chi connectivity index (χ1) is 14.2. The number of aromatic nitrogens is 3. The minimum atomic E-state index is 0.554. The van der Waals surface area contributed by atoms with Crippen molar-refractivity contribution in [3.05, 3.63) is 59.0 Å². The number of nitrogens with zero attached hydrogens (tertiary/aromatic N) is 5. The van der Waals surface area contributed by atoms with Gasteiger partial charge in [-0.1, -0.05) is 54.2 Å². The van der Waals surface area contributed by atoms with Gasteiger partial charge in [-0.05, 0) is 18.2 Å². The van der Waals surface area contributed by atoms with Gasteiger partial charge in [0.05, 0.1) is 16.9 Å². The third-order valence-corrected chi connectivity index (χ3v) is 6.32. The minimum absolute atomic E-state index is 0.554. The van der Waals surface area contributed by atoms with Crippen molar-refractivity contribution in [3.63, 3.8) is 0 Å². The maximum absolute atomic E-state index is 6.46. The molecule has 1 aliphatic heterocycles. The van der Waals surface area contributed by atoms with Gasteiger partial charge in [-0.25, -0.2) is 9.29 Å². The number of anilines is 1. The van der Waals surface area contributed by atoms with Gasteiger partial charge in [0.25, 0.3) is 0 Å². The van der Waals surface area contributed by atoms with E-state index < -0.39 is 0 Å². The van der Waals surface area contributed by atoms with Crippen molar-refractivity contribution in [2.75, 3.05) is 36.8 Å². The molecule has 0 amide bonds. The molecule has 0 N–H and O–H groups in total. The van der Waals surface area contributed by atoms with Crippen molar-refractivity contribution in [2.45, 2.75) is 6.92 Å². The smallest absolute Gasteiger partial charge is 0.147 e. The molecule has 1 aliphatic rings. The third-order valence-electron chi connectivity index (χ3n) is 4.78. The average Bonchev–Trinajstić information content (AvgIpc) is 2.75. The Morgan fingerprint density at radius 3 is 2.41 bits per heavy atom. The summed E-state index contributed by atoms with van der Waals surface area (Å²) in [5, 5.41) is 1.24. The molecule has 150 valence electrons. The Hall–Kier alpha value is -1.86. The van der Waals surface area contributed by atoms with E-state index in [0.717, 1.165) is 60.3 Å². The molecule has 0 bridgehead atoms. The molecule has 0 unspecified atom stereocenters. The minimum Gasteiger partial charge on any atom is -0.353 e. The Morgan fingerprint density at radius 1 is 0.966 bits per heavy atom. The van der Waals surface area contributed by atoms with Crippen LogP contribution in [0.3, 0.4) is 0 Å². The molecule has 29 heavy (non-hydrogen) atoms. The zero-order valence-corrected chi connectivity index (χ0v) is 18.4. The Morgan fingerprint density at radius 2 is 1.72 bits per heavy atom. The molecule has 1 fully saturated rings. The second kappa shape index (κ2) is 9.30. The Labute approximate surface area is 185 Å². The van der Waals surface area contributed by atoms with E-state index in [1.165, 1.54) is 0 Å². The third kappa shape index (κ3) is 4.67. The van der Waals surface area contributed by atoms with Crippen LogP contribution in [0, 0.1) is 0 Å². The highest BCUT2D eigenvalue weighted by Gasteiger charge is 2.21. The van der Waals surface area contributed by atoms with Gasteiger partial charge in [0, 0.05) is 60.5 Å². The van der Waals surface area contributed by atoms with Gasteiger partial charge in [-0.3, -0.25) is 9.97 Å². The molecule has 2 aromatic heterocycles. The van der Waals surface area contributed by atoms with Gasteiger partial charge in [-0.15, -0.1) is 0 Å². The summed E-state index contributed by atoms with van der Waals surface area (Å²) in [7, 11) is 0. The quantitative estimate of drug-likeness (QED) is 0.496. The summed E-state index contributed by atoms with van der Waals surface area (Å²) in [5.74, 6) is 1.96. The van der Waals surface area contributed by atoms with Crippen LogP contribution < -0.4 is 4.90 Å². The fourth-order valence-corrected chi connectivity index (χ4v) is 4.46. The predicted octanol–water partition coefficient (Wildman–Crippen LogP) is 5.30. The number of pyridine rings is 1. The number of hydrogen-bond acceptors (Lipinski definition) is 6. The lowest BCUT2D eigenvalue weighted by atomic mass is 10.0. The molecule has 0 aliphatic carbocycles. The molecular weight excluding hydrogens is 425 g/mol. The molecule has 4 rings (SSSR count). The summed E-state index contributed by atoms with van der Waals surface area (Å²) in [6.07, 6.45) is 5.21. The van der Waals surface area contributed by atoms with E-state index in [9.17, 15) is 0 Å². The fourth-order valence-electron chi connectivity index (χ4n) is 3.34. The largest absolute Gasteiger partial charge is 0.353 e. The van der Waals surface area contributed by atoms with Gasteiger partial charge < -0.3 is 4.90 Å². The summed E-state index contributed by atoms with van der Waals surface area (Å²) in [4.78, 5) is 16.2. The molecule has 0 radical (unpaired) electrons. The molecule has 1 aromatic carbocycles. The van der Waals surface area contributed by atoms with Gasteiger partial charge in [0.1, 0.15) is 11.5 Å². The summed E-state index contributed by atoms with van der Waals surface area (Å²) in [6, 6.07) is 9.49. The first-order valence-electron chi connectivity index (χ1n) is 9.51. The van der Waals surface area contributed by atoms with E-state index >= 15 is 0 Å². The molecule has 5 nitrogen and oxygen atoms in total. The van der Waals surface area contributed by atoms with Crippen LogP contribution in [-0.4, -0.2) is 51.2 Å². The second-order valence-corrected chi connectivity index (χ2v) is 8.82. The van der Waals surface area contributed by atoms with E-state index in [4.69, 9.17) is 33.2 Å². The molecule has 1 saturated heterocycles. The monoisotopic (exact) mass is 445 g/mol. The van der Waals surface area contributed by atoms with Crippen molar-refractivity contribution in [2.24, 2.45) is 0 Å². The first-order valence-corrected chi connectivity index (χ1v) is 11.2. The average molecular weight is 446 g/mol. The summed E-state index contributed by atoms with van der Waals surface area (Å²) >= 11 is 14.4. The van der Waals surface area contributed by atoms with Crippen molar-refractivity contribution < 1.29 is 0 Å². The van der Waals surface area contributed by atoms with Crippen LogP contribution in [-0.2, 0) is 0 Å². The van der Waals surface area contributed by atoms with E-state index in [1.807, 2.05) is 48.5 Å². The SMILES string of the molecule is CCSN1CCN(c2cnc(-c3ccc(Cl)cc3)c(-c3ccncc3Cl)n2)CC1. The van der Waals surface area contributed by atoms with E-state index in [0.29, 0.717) is 10.0 Å². The maximum Gasteiger partial charge on any atom is 0.147 e. The number of piperazine rings is 1. The number of rotatable bonds is 5. The Kier molecular flexibility index (Phi) is 6.55. The van der Waals surface area contributed by atoms with Crippen LogP contribution in [0.2, 0.25) is 10.0 Å². The predicted molar refractivity (Wildman–Crippen MR) is 123 cm³/mol. The van der Waals surface area contributed by atoms with Crippen LogP contribution in [0.4, 0.5) is 5.82 Å². The standard InChI is InChI=1S/C21H21Cl2N5S/c1-2-29-28-11-9-27(10-12-28)19-14-25-20(15-3-5-16(22)6-4-15)21(26-19)17-7-8-24-13-18(17)23/h3-8,13-14H,2,9-12H2,1H3. The molecule has 0 saturated carbocycles. The van der Waals surface area contributed by atoms with Crippen LogP contribution in [0.15, 0.2) is 48.9 Å². The van der Waals surface area contributed by atoms with Gasteiger partial charge in [0.15, 0.2) is 0 Å². The molecule has 0 atom stereocenters. The Balaban J connectivity index is 1.72. The topological polar surface area (TPSA) is 45.2 Å². The van der Waals surface area contributed by atoms with Crippen LogP contribution in [0.5, 0.6) is 0 Å². The summed E-state index contributed by atoms with van der Waals surface area (Å²) in [6.45, 7) is 6.04. The fraction of sp³-hybridized carbons (Fsp3) is 0.286. The molecule has 0 spiro atoms. The molecular formula is C21H21Cl2N5S. The number of halogens is 2. The highest BCUT2D eigenvalue weighted by molar-refractivity contribution is 7.96. The van der Waals surface area contributed by atoms with E-state index in [-0.39, 0.29) is 0 Å². The van der Waals surface area contributed by atoms with Crippen molar-refractivity contribution in [1.29, 1.82) is 0 Å². The lowest BCUT2D eigenvalue weighted by Crippen LogP contribution is -2.44. The van der Waals surface area contributed by atoms with Gasteiger partial charge in [-0.2, -0.15) is 0 Å². The number of hydrogen-bond donors (Lipinski definition) is 0. The maximum atomic E-state index is 6.46. The highest BCUT2D eigenvalue weighted by Crippen LogP contribution is 2.34. The zero-order chi connectivity index (χ0) is 20.2. The lowest BCUT2D eigenvalue weighted by molar-refractivity contribution is 0.428. The Bertz CT molecular complexity index is 975. The van der Waals surface area contributed by atoms with Gasteiger partial charge >= 0.3 is 0 Å². The zero-order valence-electron chi connectivity index (χ0n) is 16.1.